The van der Waals surface area contributed by atoms with E-state index in [4.69, 9.17) is 0 Å². The Morgan fingerprint density at radius 3 is 2.46 bits per heavy atom. The number of carbonyl (C=O) groups excluding carboxylic acids is 2. The van der Waals surface area contributed by atoms with Gasteiger partial charge in [0.15, 0.2) is 0 Å². The molecule has 2 saturated heterocycles. The molecular formula is C19H27N3O2. The van der Waals surface area contributed by atoms with Crippen LogP contribution in [0.3, 0.4) is 0 Å². The molecular weight excluding hydrogens is 302 g/mol. The molecule has 2 aliphatic heterocycles. The third kappa shape index (κ3) is 4.57. The van der Waals surface area contributed by atoms with Gasteiger partial charge in [-0.15, -0.1) is 0 Å². The van der Waals surface area contributed by atoms with E-state index in [1.54, 1.807) is 11.8 Å². The highest BCUT2D eigenvalue weighted by Gasteiger charge is 2.33. The van der Waals surface area contributed by atoms with E-state index in [0.717, 1.165) is 18.4 Å². The smallest absolute Gasteiger partial charge is 0.221 e. The minimum absolute atomic E-state index is 0.00608. The fourth-order valence-corrected chi connectivity index (χ4v) is 3.86. The van der Waals surface area contributed by atoms with Crippen molar-refractivity contribution in [1.29, 1.82) is 0 Å². The molecule has 0 saturated carbocycles. The maximum absolute atomic E-state index is 12.3. The Morgan fingerprint density at radius 1 is 1.17 bits per heavy atom. The number of hydrogen-bond acceptors (Lipinski definition) is 3. The van der Waals surface area contributed by atoms with Crippen LogP contribution in [0, 0.1) is 0 Å². The lowest BCUT2D eigenvalue weighted by Gasteiger charge is -2.30. The van der Waals surface area contributed by atoms with E-state index in [1.807, 2.05) is 30.3 Å². The van der Waals surface area contributed by atoms with Gasteiger partial charge in [0.25, 0.3) is 0 Å². The molecule has 3 rings (SSSR count). The number of piperidine rings is 1. The first-order chi connectivity index (χ1) is 11.6. The summed E-state index contributed by atoms with van der Waals surface area (Å²) in [6.45, 7) is 2.58. The van der Waals surface area contributed by atoms with Gasteiger partial charge in [-0.05, 0) is 31.2 Å². The molecule has 2 amide bonds. The van der Waals surface area contributed by atoms with Crippen molar-refractivity contribution in [2.24, 2.45) is 0 Å². The van der Waals surface area contributed by atoms with Crippen LogP contribution in [0.2, 0.25) is 0 Å². The summed E-state index contributed by atoms with van der Waals surface area (Å²) in [5, 5.41) is 6.74. The summed E-state index contributed by atoms with van der Waals surface area (Å²) in [7, 11) is 0. The molecule has 1 aromatic carbocycles. The van der Waals surface area contributed by atoms with E-state index >= 15 is 0 Å². The molecule has 2 aliphatic rings. The number of nitrogens with zero attached hydrogens (tertiary/aromatic N) is 1. The summed E-state index contributed by atoms with van der Waals surface area (Å²) in [5.41, 5.74) is 1.09. The standard InChI is InChI=1S/C19H27N3O2/c1-14(23)22(13-15-5-3-2-4-6-15)10-9-19(24)21-18-11-16-7-8-17(12-18)20-16/h2-6,16-18,20H,7-13H2,1H3,(H,21,24). The zero-order valence-electron chi connectivity index (χ0n) is 14.3. The van der Waals surface area contributed by atoms with Crippen LogP contribution >= 0.6 is 0 Å². The summed E-state index contributed by atoms with van der Waals surface area (Å²) in [6, 6.07) is 11.3. The van der Waals surface area contributed by atoms with Crippen molar-refractivity contribution in [3.63, 3.8) is 0 Å². The van der Waals surface area contributed by atoms with Crippen LogP contribution in [-0.2, 0) is 16.1 Å². The number of amides is 2. The fraction of sp³-hybridized carbons (Fsp3) is 0.579. The van der Waals surface area contributed by atoms with Gasteiger partial charge in [0.05, 0.1) is 0 Å². The first-order valence-electron chi connectivity index (χ1n) is 8.95. The van der Waals surface area contributed by atoms with Crippen molar-refractivity contribution in [1.82, 2.24) is 15.5 Å². The van der Waals surface area contributed by atoms with Crippen molar-refractivity contribution in [2.75, 3.05) is 6.54 Å². The Labute approximate surface area is 143 Å². The Morgan fingerprint density at radius 2 is 1.83 bits per heavy atom. The number of hydrogen-bond donors (Lipinski definition) is 2. The van der Waals surface area contributed by atoms with E-state index in [9.17, 15) is 9.59 Å². The van der Waals surface area contributed by atoms with E-state index in [0.29, 0.717) is 31.6 Å². The van der Waals surface area contributed by atoms with Crippen LogP contribution in [0.4, 0.5) is 0 Å². The lowest BCUT2D eigenvalue weighted by molar-refractivity contribution is -0.130. The quantitative estimate of drug-likeness (QED) is 0.837. The fourth-order valence-electron chi connectivity index (χ4n) is 3.86. The maximum Gasteiger partial charge on any atom is 0.221 e. The average Bonchev–Trinajstić information content (AvgIpc) is 2.90. The monoisotopic (exact) mass is 329 g/mol. The second-order valence-electron chi connectivity index (χ2n) is 7.05. The third-order valence-corrected chi connectivity index (χ3v) is 5.11. The molecule has 1 aromatic rings. The van der Waals surface area contributed by atoms with Gasteiger partial charge in [0.1, 0.15) is 0 Å². The topological polar surface area (TPSA) is 61.4 Å². The van der Waals surface area contributed by atoms with Crippen molar-refractivity contribution >= 4 is 11.8 Å². The normalized spacial score (nSPS) is 25.3. The van der Waals surface area contributed by atoms with E-state index in [1.165, 1.54) is 12.8 Å². The van der Waals surface area contributed by atoms with E-state index in [2.05, 4.69) is 10.6 Å². The molecule has 2 N–H and O–H groups in total. The minimum atomic E-state index is 0.00608. The lowest BCUT2D eigenvalue weighted by atomic mass is 10.00. The molecule has 0 aromatic heterocycles. The highest BCUT2D eigenvalue weighted by Crippen LogP contribution is 2.26. The van der Waals surface area contributed by atoms with Gasteiger partial charge in [-0.3, -0.25) is 9.59 Å². The SMILES string of the molecule is CC(=O)N(CCC(=O)NC1CC2CCC(C1)N2)Cc1ccccc1. The van der Waals surface area contributed by atoms with Crippen LogP contribution in [-0.4, -0.2) is 41.4 Å². The van der Waals surface area contributed by atoms with Crippen molar-refractivity contribution in [3.8, 4) is 0 Å². The van der Waals surface area contributed by atoms with E-state index < -0.39 is 0 Å². The highest BCUT2D eigenvalue weighted by molar-refractivity contribution is 5.78. The molecule has 2 atom stereocenters. The summed E-state index contributed by atoms with van der Waals surface area (Å²) in [5.74, 6) is 0.0622. The van der Waals surface area contributed by atoms with Crippen LogP contribution < -0.4 is 10.6 Å². The van der Waals surface area contributed by atoms with Crippen LogP contribution in [0.15, 0.2) is 30.3 Å². The van der Waals surface area contributed by atoms with Crippen molar-refractivity contribution < 1.29 is 9.59 Å². The molecule has 0 spiro atoms. The summed E-state index contributed by atoms with van der Waals surface area (Å²) < 4.78 is 0. The predicted octanol–water partition coefficient (Wildman–Crippen LogP) is 1.82. The zero-order valence-corrected chi connectivity index (χ0v) is 14.3. The first kappa shape index (κ1) is 17.0. The van der Waals surface area contributed by atoms with Gasteiger partial charge in [0.2, 0.25) is 11.8 Å². The van der Waals surface area contributed by atoms with Gasteiger partial charge in [-0.2, -0.15) is 0 Å². The predicted molar refractivity (Wildman–Crippen MR) is 93.3 cm³/mol. The summed E-state index contributed by atoms with van der Waals surface area (Å²) in [4.78, 5) is 25.8. The molecule has 2 heterocycles. The Bertz CT molecular complexity index is 563. The zero-order chi connectivity index (χ0) is 16.9. The lowest BCUT2D eigenvalue weighted by Crippen LogP contribution is -2.48. The number of fused-ring (bicyclic) bond motifs is 2. The van der Waals surface area contributed by atoms with Crippen LogP contribution in [0.5, 0.6) is 0 Å². The number of benzene rings is 1. The Kier molecular flexibility index (Phi) is 5.51. The molecule has 0 aliphatic carbocycles. The molecule has 5 nitrogen and oxygen atoms in total. The van der Waals surface area contributed by atoms with Gasteiger partial charge in [-0.25, -0.2) is 0 Å². The number of nitrogens with one attached hydrogen (secondary N) is 2. The van der Waals surface area contributed by atoms with Crippen molar-refractivity contribution in [2.45, 2.75) is 63.7 Å². The Hall–Kier alpha value is -1.88. The largest absolute Gasteiger partial charge is 0.353 e. The first-order valence-corrected chi connectivity index (χ1v) is 8.95. The second kappa shape index (κ2) is 7.79. The molecule has 2 fully saturated rings. The van der Waals surface area contributed by atoms with Gasteiger partial charge >= 0.3 is 0 Å². The van der Waals surface area contributed by atoms with Gasteiger partial charge in [0, 0.05) is 44.6 Å². The van der Waals surface area contributed by atoms with Crippen molar-refractivity contribution in [3.05, 3.63) is 35.9 Å². The van der Waals surface area contributed by atoms with Crippen LogP contribution in [0.1, 0.15) is 44.6 Å². The molecule has 0 radical (unpaired) electrons. The molecule has 2 unspecified atom stereocenters. The summed E-state index contributed by atoms with van der Waals surface area (Å²) >= 11 is 0. The van der Waals surface area contributed by atoms with Gasteiger partial charge < -0.3 is 15.5 Å². The molecule has 130 valence electrons. The third-order valence-electron chi connectivity index (χ3n) is 5.11. The molecule has 24 heavy (non-hydrogen) atoms. The summed E-state index contributed by atoms with van der Waals surface area (Å²) in [6.07, 6.45) is 4.88. The van der Waals surface area contributed by atoms with Gasteiger partial charge in [-0.1, -0.05) is 30.3 Å². The Balaban J connectivity index is 1.45. The minimum Gasteiger partial charge on any atom is -0.353 e. The number of rotatable bonds is 6. The second-order valence-corrected chi connectivity index (χ2v) is 7.05. The van der Waals surface area contributed by atoms with Crippen LogP contribution in [0.25, 0.3) is 0 Å². The molecule has 5 heteroatoms. The number of carbonyl (C=O) groups is 2. The highest BCUT2D eigenvalue weighted by atomic mass is 16.2. The molecule has 2 bridgehead atoms. The van der Waals surface area contributed by atoms with E-state index in [-0.39, 0.29) is 17.9 Å². The average molecular weight is 329 g/mol. The maximum atomic E-state index is 12.3.